The van der Waals surface area contributed by atoms with Crippen molar-refractivity contribution in [1.29, 1.82) is 0 Å². The molecule has 0 aliphatic carbocycles. The molecule has 3 N–H and O–H groups in total. The number of carbonyl (C=O) groups is 3. The third-order valence-electron chi connectivity index (χ3n) is 1.89. The molecule has 0 saturated carbocycles. The maximum Gasteiger partial charge on any atom is 0.323 e. The van der Waals surface area contributed by atoms with Gasteiger partial charge >= 0.3 is 18.0 Å². The molecular formula is C10H18N2O6. The van der Waals surface area contributed by atoms with Crippen LogP contribution in [0.5, 0.6) is 0 Å². The fourth-order valence-corrected chi connectivity index (χ4v) is 1.15. The number of hydrogen-bond acceptors (Lipinski definition) is 4. The van der Waals surface area contributed by atoms with E-state index in [1.807, 2.05) is 6.92 Å². The summed E-state index contributed by atoms with van der Waals surface area (Å²) in [5, 5.41) is 19.5. The number of carbonyl (C=O) groups excluding carboxylic acids is 1. The van der Waals surface area contributed by atoms with Gasteiger partial charge in [-0.3, -0.25) is 9.59 Å². The average molecular weight is 262 g/mol. The van der Waals surface area contributed by atoms with Crippen molar-refractivity contribution in [3.8, 4) is 0 Å². The van der Waals surface area contributed by atoms with Crippen LogP contribution >= 0.6 is 0 Å². The van der Waals surface area contributed by atoms with Crippen LogP contribution in [0, 0.1) is 0 Å². The van der Waals surface area contributed by atoms with Crippen LogP contribution in [0.1, 0.15) is 13.3 Å². The number of carboxylic acid groups (broad SMARTS) is 2. The summed E-state index contributed by atoms with van der Waals surface area (Å²) in [5.74, 6) is -2.53. The Balaban J connectivity index is 4.04. The van der Waals surface area contributed by atoms with Crippen LogP contribution in [0.15, 0.2) is 0 Å². The third-order valence-corrected chi connectivity index (χ3v) is 1.89. The van der Waals surface area contributed by atoms with E-state index in [9.17, 15) is 14.4 Å². The van der Waals surface area contributed by atoms with Gasteiger partial charge in [-0.05, 0) is 13.3 Å². The molecular weight excluding hydrogens is 244 g/mol. The topological polar surface area (TPSA) is 116 Å². The van der Waals surface area contributed by atoms with Crippen molar-refractivity contribution < 1.29 is 29.3 Å². The predicted molar refractivity (Wildman–Crippen MR) is 61.4 cm³/mol. The molecule has 2 amide bonds. The third kappa shape index (κ3) is 8.34. The average Bonchev–Trinajstić information content (AvgIpc) is 2.26. The molecule has 0 bridgehead atoms. The summed E-state index contributed by atoms with van der Waals surface area (Å²) in [4.78, 5) is 33.2. The van der Waals surface area contributed by atoms with E-state index in [4.69, 9.17) is 14.9 Å². The smallest absolute Gasteiger partial charge is 0.323 e. The van der Waals surface area contributed by atoms with E-state index >= 15 is 0 Å². The Morgan fingerprint density at radius 2 is 1.72 bits per heavy atom. The predicted octanol–water partition coefficient (Wildman–Crippen LogP) is -0.406. The zero-order chi connectivity index (χ0) is 14.0. The highest BCUT2D eigenvalue weighted by molar-refractivity contribution is 5.84. The summed E-state index contributed by atoms with van der Waals surface area (Å²) >= 11 is 0. The van der Waals surface area contributed by atoms with E-state index in [1.54, 1.807) is 0 Å². The van der Waals surface area contributed by atoms with Crippen LogP contribution < -0.4 is 5.32 Å². The number of amides is 2. The maximum atomic E-state index is 11.5. The number of rotatable bonds is 9. The van der Waals surface area contributed by atoms with Gasteiger partial charge in [0.05, 0.1) is 0 Å². The summed E-state index contributed by atoms with van der Waals surface area (Å²) in [5.41, 5.74) is 0. The van der Waals surface area contributed by atoms with Crippen molar-refractivity contribution in [3.05, 3.63) is 0 Å². The molecule has 0 spiro atoms. The van der Waals surface area contributed by atoms with Crippen LogP contribution in [0.3, 0.4) is 0 Å². The first kappa shape index (κ1) is 16.2. The largest absolute Gasteiger partial charge is 0.480 e. The summed E-state index contributed by atoms with van der Waals surface area (Å²) in [7, 11) is 0. The van der Waals surface area contributed by atoms with Gasteiger partial charge in [-0.15, -0.1) is 0 Å². The molecule has 0 heterocycles. The van der Waals surface area contributed by atoms with Crippen LogP contribution in [0.2, 0.25) is 0 Å². The Bertz CT molecular complexity index is 278. The molecule has 0 rings (SSSR count). The molecule has 8 heteroatoms. The zero-order valence-corrected chi connectivity index (χ0v) is 10.2. The molecule has 0 saturated heterocycles. The first-order valence-electron chi connectivity index (χ1n) is 5.51. The fourth-order valence-electron chi connectivity index (χ4n) is 1.15. The fraction of sp³-hybridized carbons (Fsp3) is 0.700. The van der Waals surface area contributed by atoms with Crippen molar-refractivity contribution in [3.63, 3.8) is 0 Å². The number of aliphatic carboxylic acids is 2. The van der Waals surface area contributed by atoms with E-state index in [1.165, 1.54) is 0 Å². The van der Waals surface area contributed by atoms with Crippen LogP contribution in [-0.2, 0) is 14.3 Å². The minimum absolute atomic E-state index is 0.300. The minimum Gasteiger partial charge on any atom is -0.480 e. The van der Waals surface area contributed by atoms with Gasteiger partial charge in [0.25, 0.3) is 0 Å². The quantitative estimate of drug-likeness (QED) is 0.486. The first-order valence-corrected chi connectivity index (χ1v) is 5.51. The van der Waals surface area contributed by atoms with E-state index in [0.717, 1.165) is 0 Å². The van der Waals surface area contributed by atoms with Gasteiger partial charge in [-0.2, -0.15) is 0 Å². The molecule has 0 aliphatic heterocycles. The molecule has 0 aliphatic rings. The van der Waals surface area contributed by atoms with Gasteiger partial charge in [0.2, 0.25) is 0 Å². The van der Waals surface area contributed by atoms with Crippen molar-refractivity contribution in [1.82, 2.24) is 10.2 Å². The molecule has 0 radical (unpaired) electrons. The van der Waals surface area contributed by atoms with E-state index in [0.29, 0.717) is 31.1 Å². The van der Waals surface area contributed by atoms with Crippen molar-refractivity contribution in [2.24, 2.45) is 0 Å². The second-order valence-electron chi connectivity index (χ2n) is 3.43. The SMILES string of the molecule is CCOCCCNC(=O)N(CC(=O)O)CC(=O)O. The Morgan fingerprint density at radius 3 is 2.17 bits per heavy atom. The Morgan fingerprint density at radius 1 is 1.17 bits per heavy atom. The Hall–Kier alpha value is -1.83. The summed E-state index contributed by atoms with van der Waals surface area (Å²) < 4.78 is 5.05. The second kappa shape index (κ2) is 9.23. The molecule has 0 unspecified atom stereocenters. The maximum absolute atomic E-state index is 11.5. The number of ether oxygens (including phenoxy) is 1. The molecule has 104 valence electrons. The zero-order valence-electron chi connectivity index (χ0n) is 10.2. The van der Waals surface area contributed by atoms with Gasteiger partial charge in [-0.25, -0.2) is 4.79 Å². The second-order valence-corrected chi connectivity index (χ2v) is 3.43. The lowest BCUT2D eigenvalue weighted by Crippen LogP contribution is -2.45. The standard InChI is InChI=1S/C10H18N2O6/c1-2-18-5-3-4-11-10(17)12(6-8(13)14)7-9(15)16/h2-7H2,1H3,(H,11,17)(H,13,14)(H,15,16). The molecule has 0 fully saturated rings. The van der Waals surface area contributed by atoms with Gasteiger partial charge in [-0.1, -0.05) is 0 Å². The minimum atomic E-state index is -1.26. The highest BCUT2D eigenvalue weighted by Gasteiger charge is 2.18. The Labute approximate surface area is 105 Å². The Kier molecular flexibility index (Phi) is 8.29. The molecule has 0 aromatic rings. The van der Waals surface area contributed by atoms with E-state index in [-0.39, 0.29) is 0 Å². The highest BCUT2D eigenvalue weighted by atomic mass is 16.5. The number of nitrogens with one attached hydrogen (secondary N) is 1. The summed E-state index contributed by atoms with van der Waals surface area (Å²) in [6, 6.07) is -0.712. The van der Waals surface area contributed by atoms with Crippen molar-refractivity contribution in [2.45, 2.75) is 13.3 Å². The van der Waals surface area contributed by atoms with Crippen LogP contribution in [0.25, 0.3) is 0 Å². The van der Waals surface area contributed by atoms with Gasteiger partial charge in [0.15, 0.2) is 0 Å². The monoisotopic (exact) mass is 262 g/mol. The molecule has 8 nitrogen and oxygen atoms in total. The van der Waals surface area contributed by atoms with E-state index in [2.05, 4.69) is 5.32 Å². The lowest BCUT2D eigenvalue weighted by molar-refractivity contribution is -0.140. The van der Waals surface area contributed by atoms with Crippen LogP contribution in [-0.4, -0.2) is 65.9 Å². The molecule has 0 atom stereocenters. The van der Waals surface area contributed by atoms with Crippen molar-refractivity contribution >= 4 is 18.0 Å². The number of urea groups is 1. The summed E-state index contributed by atoms with van der Waals surface area (Å²) in [6.45, 7) is 1.91. The lowest BCUT2D eigenvalue weighted by Gasteiger charge is -2.18. The molecule has 18 heavy (non-hydrogen) atoms. The lowest BCUT2D eigenvalue weighted by atomic mass is 10.4. The normalized spacial score (nSPS) is 9.83. The van der Waals surface area contributed by atoms with E-state index < -0.39 is 31.1 Å². The van der Waals surface area contributed by atoms with Gasteiger partial charge in [0.1, 0.15) is 13.1 Å². The summed E-state index contributed by atoms with van der Waals surface area (Å²) in [6.07, 6.45) is 0.577. The van der Waals surface area contributed by atoms with Crippen molar-refractivity contribution in [2.75, 3.05) is 32.8 Å². The first-order chi connectivity index (χ1) is 8.47. The molecule has 0 aromatic carbocycles. The van der Waals surface area contributed by atoms with Gasteiger partial charge < -0.3 is 25.2 Å². The highest BCUT2D eigenvalue weighted by Crippen LogP contribution is 1.91. The number of hydrogen-bond donors (Lipinski definition) is 3. The van der Waals surface area contributed by atoms with Crippen LogP contribution in [0.4, 0.5) is 4.79 Å². The number of carboxylic acids is 2. The number of nitrogens with zero attached hydrogens (tertiary/aromatic N) is 1. The molecule has 0 aromatic heterocycles. The van der Waals surface area contributed by atoms with Gasteiger partial charge in [0, 0.05) is 19.8 Å².